The molecular weight excluding hydrogens is 804 g/mol. The van der Waals surface area contributed by atoms with E-state index >= 15 is 0 Å². The summed E-state index contributed by atoms with van der Waals surface area (Å²) >= 11 is 0. The van der Waals surface area contributed by atoms with Crippen LogP contribution in [0.5, 0.6) is 0 Å². The van der Waals surface area contributed by atoms with Gasteiger partial charge in [-0.2, -0.15) is 0 Å². The van der Waals surface area contributed by atoms with Gasteiger partial charge in [-0.05, 0) is 70.6 Å². The number of carbonyl (C=O) groups is 1. The van der Waals surface area contributed by atoms with Crippen molar-refractivity contribution < 1.29 is 32.9 Å². The fourth-order valence-electron chi connectivity index (χ4n) is 7.54. The van der Waals surface area contributed by atoms with E-state index in [1.807, 2.05) is 27.2 Å². The van der Waals surface area contributed by atoms with Crippen LogP contribution in [0.4, 0.5) is 0 Å². The molecule has 0 saturated carbocycles. The Morgan fingerprint density at radius 1 is 0.524 bits per heavy atom. The van der Waals surface area contributed by atoms with E-state index in [9.17, 15) is 19.4 Å². The number of hydrogen-bond acceptors (Lipinski definition) is 5. The number of aliphatic hydroxyl groups is 1. The van der Waals surface area contributed by atoms with E-state index in [0.717, 1.165) is 44.9 Å². The average Bonchev–Trinajstić information content (AvgIpc) is 3.24. The molecule has 1 amide bonds. The van der Waals surface area contributed by atoms with Gasteiger partial charge in [0.25, 0.3) is 0 Å². The molecule has 0 heterocycles. The fraction of sp³-hybridized carbons (Fsp3) is 0.833. The SMILES string of the molecule is CCCCCCCC/C=C\CCCCCCCCCCCC(=O)NC(COP(=O)(O)OCC[N+](C)(C)C)C(O)/C=C/CC/C=C/CC/C=C/CCCCCCCCCCCCCC. The second-order valence-electron chi connectivity index (χ2n) is 19.2. The minimum Gasteiger partial charge on any atom is -0.387 e. The van der Waals surface area contributed by atoms with Crippen LogP contribution in [0.3, 0.4) is 0 Å². The number of amides is 1. The highest BCUT2D eigenvalue weighted by Crippen LogP contribution is 2.43. The average molecular weight is 908 g/mol. The number of rotatable bonds is 48. The van der Waals surface area contributed by atoms with Crippen molar-refractivity contribution in [2.75, 3.05) is 40.9 Å². The van der Waals surface area contributed by atoms with Gasteiger partial charge in [0.2, 0.25) is 5.91 Å². The molecule has 0 radical (unpaired) electrons. The number of nitrogens with zero attached hydrogens (tertiary/aromatic N) is 1. The van der Waals surface area contributed by atoms with Crippen molar-refractivity contribution in [3.63, 3.8) is 0 Å². The summed E-state index contributed by atoms with van der Waals surface area (Å²) in [7, 11) is 1.55. The molecule has 0 fully saturated rings. The Kier molecular flexibility index (Phi) is 44.5. The monoisotopic (exact) mass is 908 g/mol. The minimum atomic E-state index is -4.36. The molecule has 0 aliphatic carbocycles. The van der Waals surface area contributed by atoms with Crippen LogP contribution >= 0.6 is 7.82 Å². The van der Waals surface area contributed by atoms with Gasteiger partial charge >= 0.3 is 7.82 Å². The number of likely N-dealkylation sites (N-methyl/N-ethyl adjacent to an activating group) is 1. The highest BCUT2D eigenvalue weighted by Gasteiger charge is 2.27. The maximum Gasteiger partial charge on any atom is 0.472 e. The molecule has 0 aromatic heterocycles. The Morgan fingerprint density at radius 3 is 1.27 bits per heavy atom. The van der Waals surface area contributed by atoms with E-state index in [0.29, 0.717) is 17.4 Å². The zero-order valence-corrected chi connectivity index (χ0v) is 43.0. The summed E-state index contributed by atoms with van der Waals surface area (Å²) in [5.74, 6) is -0.193. The predicted octanol–water partition coefficient (Wildman–Crippen LogP) is 15.6. The third kappa shape index (κ3) is 48.2. The third-order valence-electron chi connectivity index (χ3n) is 11.7. The van der Waals surface area contributed by atoms with Crippen molar-refractivity contribution in [1.29, 1.82) is 0 Å². The normalized spacial score (nSPS) is 14.5. The Bertz CT molecular complexity index is 1170. The molecule has 0 spiro atoms. The quantitative estimate of drug-likeness (QED) is 0.0243. The van der Waals surface area contributed by atoms with Crippen LogP contribution in [0, 0.1) is 0 Å². The number of aliphatic hydroxyl groups excluding tert-OH is 1. The van der Waals surface area contributed by atoms with Crippen LogP contribution in [-0.4, -0.2) is 73.4 Å². The highest BCUT2D eigenvalue weighted by atomic mass is 31.2. The smallest absolute Gasteiger partial charge is 0.387 e. The Labute approximate surface area is 390 Å². The molecule has 370 valence electrons. The van der Waals surface area contributed by atoms with Gasteiger partial charge in [-0.3, -0.25) is 13.8 Å². The molecule has 0 aliphatic heterocycles. The lowest BCUT2D eigenvalue weighted by Crippen LogP contribution is -2.45. The van der Waals surface area contributed by atoms with E-state index in [-0.39, 0.29) is 19.1 Å². The van der Waals surface area contributed by atoms with Crippen molar-refractivity contribution in [1.82, 2.24) is 5.32 Å². The van der Waals surface area contributed by atoms with Crippen LogP contribution in [0.2, 0.25) is 0 Å². The molecule has 0 aliphatic rings. The maximum absolute atomic E-state index is 12.9. The van der Waals surface area contributed by atoms with Crippen LogP contribution in [0.15, 0.2) is 48.6 Å². The lowest BCUT2D eigenvalue weighted by molar-refractivity contribution is -0.870. The van der Waals surface area contributed by atoms with Gasteiger partial charge in [-0.25, -0.2) is 4.57 Å². The first-order chi connectivity index (χ1) is 30.5. The molecule has 0 aromatic carbocycles. The van der Waals surface area contributed by atoms with E-state index in [1.54, 1.807) is 6.08 Å². The summed E-state index contributed by atoms with van der Waals surface area (Å²) in [5.41, 5.74) is 0. The molecule has 8 nitrogen and oxygen atoms in total. The minimum absolute atomic E-state index is 0.0526. The second kappa shape index (κ2) is 45.6. The number of nitrogens with one attached hydrogen (secondary N) is 1. The largest absolute Gasteiger partial charge is 0.472 e. The van der Waals surface area contributed by atoms with Gasteiger partial charge in [0.05, 0.1) is 39.9 Å². The molecule has 3 atom stereocenters. The van der Waals surface area contributed by atoms with Crippen molar-refractivity contribution >= 4 is 13.7 Å². The topological polar surface area (TPSA) is 105 Å². The highest BCUT2D eigenvalue weighted by molar-refractivity contribution is 7.47. The Balaban J connectivity index is 4.37. The van der Waals surface area contributed by atoms with Gasteiger partial charge in [0.15, 0.2) is 0 Å². The first-order valence-electron chi connectivity index (χ1n) is 26.5. The molecule has 3 unspecified atom stereocenters. The van der Waals surface area contributed by atoms with Gasteiger partial charge in [0, 0.05) is 6.42 Å². The predicted molar refractivity (Wildman–Crippen MR) is 272 cm³/mol. The first kappa shape index (κ1) is 61.5. The summed E-state index contributed by atoms with van der Waals surface area (Å²) < 4.78 is 23.6. The van der Waals surface area contributed by atoms with Crippen LogP contribution in [0.1, 0.15) is 239 Å². The Morgan fingerprint density at radius 2 is 0.873 bits per heavy atom. The van der Waals surface area contributed by atoms with E-state index < -0.39 is 20.0 Å². The number of allylic oxidation sites excluding steroid dienone is 7. The van der Waals surface area contributed by atoms with Gasteiger partial charge in [0.1, 0.15) is 13.2 Å². The summed E-state index contributed by atoms with van der Waals surface area (Å²) in [6, 6.07) is -0.871. The van der Waals surface area contributed by atoms with E-state index in [2.05, 4.69) is 55.6 Å². The fourth-order valence-corrected chi connectivity index (χ4v) is 8.27. The molecule has 0 aromatic rings. The number of phosphoric ester groups is 1. The number of quaternary nitrogens is 1. The number of phosphoric acid groups is 1. The molecule has 0 bridgehead atoms. The van der Waals surface area contributed by atoms with Crippen molar-refractivity contribution in [2.45, 2.75) is 251 Å². The third-order valence-corrected chi connectivity index (χ3v) is 12.7. The van der Waals surface area contributed by atoms with Gasteiger partial charge < -0.3 is 19.8 Å². The van der Waals surface area contributed by atoms with Crippen molar-refractivity contribution in [3.8, 4) is 0 Å². The van der Waals surface area contributed by atoms with Gasteiger partial charge in [-0.1, -0.05) is 210 Å². The number of unbranched alkanes of at least 4 members (excludes halogenated alkanes) is 29. The summed E-state index contributed by atoms with van der Waals surface area (Å²) in [6.07, 6.45) is 59.1. The molecule has 0 saturated heterocycles. The zero-order valence-electron chi connectivity index (χ0n) is 42.1. The first-order valence-corrected chi connectivity index (χ1v) is 28.0. The molecule has 3 N–H and O–H groups in total. The molecule has 63 heavy (non-hydrogen) atoms. The van der Waals surface area contributed by atoms with Crippen molar-refractivity contribution in [2.24, 2.45) is 0 Å². The van der Waals surface area contributed by atoms with Gasteiger partial charge in [-0.15, -0.1) is 0 Å². The lowest BCUT2D eigenvalue weighted by Gasteiger charge is -2.25. The molecular formula is C54H104N2O6P+. The van der Waals surface area contributed by atoms with Crippen LogP contribution in [0.25, 0.3) is 0 Å². The van der Waals surface area contributed by atoms with E-state index in [4.69, 9.17) is 9.05 Å². The number of hydrogen-bond donors (Lipinski definition) is 3. The lowest BCUT2D eigenvalue weighted by atomic mass is 10.0. The summed E-state index contributed by atoms with van der Waals surface area (Å²) in [5, 5.41) is 13.9. The van der Waals surface area contributed by atoms with Crippen LogP contribution in [-0.2, 0) is 18.4 Å². The standard InChI is InChI=1S/C54H103N2O6P/c1-6-8-10-12-14-16-18-20-22-24-26-27-28-30-31-33-35-37-39-41-43-45-47-53(57)52(51-62-63(59,60)61-50-49-56(3,4)5)55-54(58)48-46-44-42-40-38-36-34-32-29-25-23-21-19-17-15-13-11-9-7-2/h21,23,30-31,37,39,45,47,52-53,57H,6-20,22,24-29,32-36,38,40-44,46,48-51H2,1-5H3,(H-,55,58,59,60)/p+1/b23-21-,31-30+,39-37+,47-45+. The van der Waals surface area contributed by atoms with Crippen molar-refractivity contribution in [3.05, 3.63) is 48.6 Å². The Hall–Kier alpha value is -1.54. The number of carbonyl (C=O) groups excluding carboxylic acids is 1. The molecule has 0 rings (SSSR count). The van der Waals surface area contributed by atoms with Crippen LogP contribution < -0.4 is 5.32 Å². The second-order valence-corrected chi connectivity index (χ2v) is 20.7. The summed E-state index contributed by atoms with van der Waals surface area (Å²) in [4.78, 5) is 23.2. The summed E-state index contributed by atoms with van der Waals surface area (Å²) in [6.45, 7) is 4.80. The zero-order chi connectivity index (χ0) is 46.4. The van der Waals surface area contributed by atoms with E-state index in [1.165, 1.54) is 173 Å². The molecule has 9 heteroatoms. The maximum atomic E-state index is 12.9.